The molecule has 25 heavy (non-hydrogen) atoms. The summed E-state index contributed by atoms with van der Waals surface area (Å²) in [5.74, 6) is -0.615. The molecule has 0 spiro atoms. The molecule has 0 aliphatic carbocycles. The highest BCUT2D eigenvalue weighted by Crippen LogP contribution is 2.24. The maximum atomic E-state index is 12.4. The third kappa shape index (κ3) is 4.44. The van der Waals surface area contributed by atoms with Crippen molar-refractivity contribution >= 4 is 23.7 Å². The fraction of sp³-hybridized carbons (Fsp3) is 0.143. The van der Waals surface area contributed by atoms with Gasteiger partial charge in [-0.2, -0.15) is 0 Å². The standard InChI is InChI=1S/C21H20O4/c1-21(2,19(24)13-11-15-7-3-5-9-17(15)22)20(25)14-12-16-8-4-6-10-18(16)23/h3-14,22-23H,1-2H3/b13-11+,14-12+. The van der Waals surface area contributed by atoms with Crippen LogP contribution in [-0.4, -0.2) is 21.8 Å². The SMILES string of the molecule is CC(C)(C(=O)/C=C/c1ccccc1O)C(=O)/C=C/c1ccccc1O. The predicted molar refractivity (Wildman–Crippen MR) is 98.1 cm³/mol. The van der Waals surface area contributed by atoms with Crippen LogP contribution in [0.5, 0.6) is 11.5 Å². The van der Waals surface area contributed by atoms with Gasteiger partial charge in [0.25, 0.3) is 0 Å². The maximum Gasteiger partial charge on any atom is 0.169 e. The van der Waals surface area contributed by atoms with Crippen molar-refractivity contribution in [3.05, 3.63) is 71.8 Å². The Labute approximate surface area is 146 Å². The lowest BCUT2D eigenvalue weighted by Crippen LogP contribution is -2.30. The number of phenols is 2. The van der Waals surface area contributed by atoms with Gasteiger partial charge >= 0.3 is 0 Å². The number of ketones is 2. The zero-order valence-corrected chi connectivity index (χ0v) is 14.1. The Hall–Kier alpha value is -3.14. The molecule has 0 radical (unpaired) electrons. The molecule has 0 aliphatic heterocycles. The maximum absolute atomic E-state index is 12.4. The molecule has 0 heterocycles. The van der Waals surface area contributed by atoms with Gasteiger partial charge in [0.15, 0.2) is 11.6 Å². The van der Waals surface area contributed by atoms with E-state index in [2.05, 4.69) is 0 Å². The van der Waals surface area contributed by atoms with E-state index >= 15 is 0 Å². The first-order valence-corrected chi connectivity index (χ1v) is 7.83. The number of hydrogen-bond acceptors (Lipinski definition) is 4. The largest absolute Gasteiger partial charge is 0.507 e. The van der Waals surface area contributed by atoms with Crippen LogP contribution in [0.2, 0.25) is 0 Å². The van der Waals surface area contributed by atoms with E-state index in [4.69, 9.17) is 0 Å². The smallest absolute Gasteiger partial charge is 0.169 e. The fourth-order valence-electron chi connectivity index (χ4n) is 2.13. The highest BCUT2D eigenvalue weighted by molar-refractivity contribution is 6.16. The molecule has 2 aromatic rings. The number of rotatable bonds is 6. The summed E-state index contributed by atoms with van der Waals surface area (Å²) in [5.41, 5.74) is -0.241. The second kappa shape index (κ2) is 7.62. The number of carbonyl (C=O) groups is 2. The van der Waals surface area contributed by atoms with E-state index in [0.29, 0.717) is 11.1 Å². The van der Waals surface area contributed by atoms with E-state index < -0.39 is 5.41 Å². The highest BCUT2D eigenvalue weighted by Gasteiger charge is 2.32. The third-order valence-electron chi connectivity index (χ3n) is 3.93. The lowest BCUT2D eigenvalue weighted by atomic mass is 9.82. The Bertz CT molecular complexity index is 775. The molecule has 4 nitrogen and oxygen atoms in total. The van der Waals surface area contributed by atoms with Crippen LogP contribution in [0.25, 0.3) is 12.2 Å². The monoisotopic (exact) mass is 336 g/mol. The zero-order chi connectivity index (χ0) is 18.4. The summed E-state index contributed by atoms with van der Waals surface area (Å²) in [6.45, 7) is 3.09. The van der Waals surface area contributed by atoms with E-state index in [1.807, 2.05) is 0 Å². The van der Waals surface area contributed by atoms with Gasteiger partial charge in [0, 0.05) is 11.1 Å². The van der Waals surface area contributed by atoms with Crippen molar-refractivity contribution in [2.75, 3.05) is 0 Å². The minimum atomic E-state index is -1.25. The Kier molecular flexibility index (Phi) is 5.55. The quantitative estimate of drug-likeness (QED) is 0.618. The Morgan fingerprint density at radius 1 is 0.760 bits per heavy atom. The number of hydrogen-bond donors (Lipinski definition) is 2. The van der Waals surface area contributed by atoms with Crippen molar-refractivity contribution in [1.82, 2.24) is 0 Å². The first kappa shape index (κ1) is 18.2. The van der Waals surface area contributed by atoms with Crippen molar-refractivity contribution in [2.45, 2.75) is 13.8 Å². The number of aromatic hydroxyl groups is 2. The third-order valence-corrected chi connectivity index (χ3v) is 3.93. The van der Waals surface area contributed by atoms with Crippen LogP contribution in [-0.2, 0) is 9.59 Å². The van der Waals surface area contributed by atoms with Gasteiger partial charge in [-0.15, -0.1) is 0 Å². The number of para-hydroxylation sites is 2. The lowest BCUT2D eigenvalue weighted by molar-refractivity contribution is -0.132. The van der Waals surface area contributed by atoms with Crippen molar-refractivity contribution < 1.29 is 19.8 Å². The van der Waals surface area contributed by atoms with Crippen LogP contribution in [0.3, 0.4) is 0 Å². The average Bonchev–Trinajstić information content (AvgIpc) is 2.59. The zero-order valence-electron chi connectivity index (χ0n) is 14.1. The van der Waals surface area contributed by atoms with E-state index in [-0.39, 0.29) is 23.1 Å². The number of phenolic OH excluding ortho intramolecular Hbond substituents is 2. The summed E-state index contributed by atoms with van der Waals surface area (Å²) < 4.78 is 0. The molecule has 128 valence electrons. The van der Waals surface area contributed by atoms with Gasteiger partial charge in [0.2, 0.25) is 0 Å². The molecule has 0 saturated heterocycles. The van der Waals surface area contributed by atoms with Gasteiger partial charge in [-0.3, -0.25) is 9.59 Å². The van der Waals surface area contributed by atoms with Gasteiger partial charge in [0.05, 0.1) is 5.41 Å². The van der Waals surface area contributed by atoms with Crippen LogP contribution in [0.4, 0.5) is 0 Å². The predicted octanol–water partition coefficient (Wildman–Crippen LogP) is 3.99. The summed E-state index contributed by atoms with van der Waals surface area (Å²) in [7, 11) is 0. The molecule has 0 saturated carbocycles. The van der Waals surface area contributed by atoms with Crippen molar-refractivity contribution in [3.8, 4) is 11.5 Å². The van der Waals surface area contributed by atoms with Crippen LogP contribution in [0.15, 0.2) is 60.7 Å². The summed E-state index contributed by atoms with van der Waals surface area (Å²) in [6, 6.07) is 13.3. The van der Waals surface area contributed by atoms with Crippen molar-refractivity contribution in [1.29, 1.82) is 0 Å². The van der Waals surface area contributed by atoms with Crippen LogP contribution >= 0.6 is 0 Å². The highest BCUT2D eigenvalue weighted by atomic mass is 16.3. The average molecular weight is 336 g/mol. The Morgan fingerprint density at radius 2 is 1.12 bits per heavy atom. The molecule has 0 aromatic heterocycles. The van der Waals surface area contributed by atoms with E-state index in [1.54, 1.807) is 50.2 Å². The van der Waals surface area contributed by atoms with E-state index in [1.165, 1.54) is 36.4 Å². The minimum Gasteiger partial charge on any atom is -0.507 e. The van der Waals surface area contributed by atoms with Gasteiger partial charge in [0.1, 0.15) is 11.5 Å². The Morgan fingerprint density at radius 3 is 1.48 bits per heavy atom. The molecule has 0 unspecified atom stereocenters. The van der Waals surface area contributed by atoms with Crippen LogP contribution in [0.1, 0.15) is 25.0 Å². The number of carbonyl (C=O) groups excluding carboxylic acids is 2. The topological polar surface area (TPSA) is 74.6 Å². The summed E-state index contributed by atoms with van der Waals surface area (Å²) >= 11 is 0. The number of benzene rings is 2. The fourth-order valence-corrected chi connectivity index (χ4v) is 2.13. The molecule has 0 atom stereocenters. The van der Waals surface area contributed by atoms with Gasteiger partial charge in [-0.05, 0) is 50.3 Å². The van der Waals surface area contributed by atoms with Gasteiger partial charge in [-0.25, -0.2) is 0 Å². The first-order chi connectivity index (χ1) is 11.8. The molecule has 0 amide bonds. The Balaban J connectivity index is 2.14. The molecular weight excluding hydrogens is 316 g/mol. The second-order valence-corrected chi connectivity index (χ2v) is 6.14. The van der Waals surface area contributed by atoms with Gasteiger partial charge < -0.3 is 10.2 Å². The van der Waals surface area contributed by atoms with E-state index in [0.717, 1.165) is 0 Å². The molecule has 0 fully saturated rings. The second-order valence-electron chi connectivity index (χ2n) is 6.14. The first-order valence-electron chi connectivity index (χ1n) is 7.83. The van der Waals surface area contributed by atoms with E-state index in [9.17, 15) is 19.8 Å². The number of allylic oxidation sites excluding steroid dienone is 2. The van der Waals surface area contributed by atoms with Gasteiger partial charge in [-0.1, -0.05) is 36.4 Å². The lowest BCUT2D eigenvalue weighted by Gasteiger charge is -2.17. The molecule has 0 bridgehead atoms. The minimum absolute atomic E-state index is 0.0649. The summed E-state index contributed by atoms with van der Waals surface area (Å²) in [5, 5.41) is 19.4. The van der Waals surface area contributed by atoms with Crippen LogP contribution < -0.4 is 0 Å². The normalized spacial score (nSPS) is 11.9. The molecule has 2 aromatic carbocycles. The molecule has 2 N–H and O–H groups in total. The van der Waals surface area contributed by atoms with Crippen molar-refractivity contribution in [3.63, 3.8) is 0 Å². The summed E-state index contributed by atoms with van der Waals surface area (Å²) in [4.78, 5) is 24.8. The molecule has 0 aliphatic rings. The van der Waals surface area contributed by atoms with Crippen LogP contribution in [0, 0.1) is 5.41 Å². The molecule has 4 heteroatoms. The van der Waals surface area contributed by atoms with Crippen molar-refractivity contribution in [2.24, 2.45) is 5.41 Å². The molecular formula is C21H20O4. The molecule has 2 rings (SSSR count). The summed E-state index contributed by atoms with van der Waals surface area (Å²) in [6.07, 6.45) is 5.56.